The lowest BCUT2D eigenvalue weighted by Crippen LogP contribution is -2.40. The Morgan fingerprint density at radius 3 is 2.48 bits per heavy atom. The average Bonchev–Trinajstić information content (AvgIpc) is 2.54. The van der Waals surface area contributed by atoms with Gasteiger partial charge in [0.05, 0.1) is 0 Å². The maximum absolute atomic E-state index is 9.24. The van der Waals surface area contributed by atoms with Gasteiger partial charge in [-0.25, -0.2) is 0 Å². The fraction of sp³-hybridized carbons (Fsp3) is 0.667. The molecule has 0 aliphatic carbocycles. The molecule has 1 aliphatic rings. The van der Waals surface area contributed by atoms with E-state index in [0.29, 0.717) is 24.5 Å². The summed E-state index contributed by atoms with van der Waals surface area (Å²) in [6, 6.07) is 11.2. The second-order valence-electron chi connectivity index (χ2n) is 6.35. The number of aliphatic hydroxyl groups is 1. The van der Waals surface area contributed by atoms with Crippen LogP contribution in [0.3, 0.4) is 0 Å². The van der Waals surface area contributed by atoms with Crippen LogP contribution in [0.25, 0.3) is 0 Å². The number of rotatable bonds is 7. The highest BCUT2D eigenvalue weighted by Crippen LogP contribution is 2.25. The molecule has 21 heavy (non-hydrogen) atoms. The van der Waals surface area contributed by atoms with Gasteiger partial charge in [0, 0.05) is 19.2 Å². The third-order valence-electron chi connectivity index (χ3n) is 4.66. The Kier molecular flexibility index (Phi) is 6.68. The Balaban J connectivity index is 1.92. The van der Waals surface area contributed by atoms with E-state index < -0.39 is 0 Å². The van der Waals surface area contributed by atoms with Gasteiger partial charge >= 0.3 is 0 Å². The predicted molar refractivity (Wildman–Crippen MR) is 88.3 cm³/mol. The highest BCUT2D eigenvalue weighted by molar-refractivity contribution is 5.19. The molecule has 1 aliphatic heterocycles. The minimum absolute atomic E-state index is 0.355. The van der Waals surface area contributed by atoms with Crippen molar-refractivity contribution in [3.63, 3.8) is 0 Å². The van der Waals surface area contributed by atoms with E-state index >= 15 is 0 Å². The number of likely N-dealkylation sites (tertiary alicyclic amines) is 1. The molecule has 1 heterocycles. The summed E-state index contributed by atoms with van der Waals surface area (Å²) in [4.78, 5) is 2.56. The maximum Gasteiger partial charge on any atom is 0.0460 e. The van der Waals surface area contributed by atoms with Gasteiger partial charge in [-0.2, -0.15) is 0 Å². The molecule has 3 heteroatoms. The Morgan fingerprint density at radius 2 is 1.90 bits per heavy atom. The summed E-state index contributed by atoms with van der Waals surface area (Å²) < 4.78 is 0. The molecule has 0 saturated carbocycles. The van der Waals surface area contributed by atoms with Crippen LogP contribution in [-0.2, 0) is 0 Å². The molecule has 0 radical (unpaired) electrons. The number of piperidine rings is 1. The van der Waals surface area contributed by atoms with Gasteiger partial charge in [-0.3, -0.25) is 0 Å². The third kappa shape index (κ3) is 4.80. The molecule has 0 amide bonds. The van der Waals surface area contributed by atoms with E-state index in [1.165, 1.54) is 5.56 Å². The van der Waals surface area contributed by atoms with Crippen molar-refractivity contribution in [1.82, 2.24) is 10.2 Å². The minimum atomic E-state index is 0.355. The number of benzene rings is 1. The van der Waals surface area contributed by atoms with Crippen molar-refractivity contribution in [2.24, 2.45) is 11.8 Å². The standard InChI is InChI=1S/C18H30N2O/c1-3-19-18(17-7-5-4-6-8-17)15(2)13-20-11-9-16(14-21)10-12-20/h4-8,15-16,18-19,21H,3,9-14H2,1-2H3. The van der Waals surface area contributed by atoms with Crippen molar-refractivity contribution in [1.29, 1.82) is 0 Å². The maximum atomic E-state index is 9.24. The summed E-state index contributed by atoms with van der Waals surface area (Å²) in [7, 11) is 0. The fourth-order valence-electron chi connectivity index (χ4n) is 3.39. The lowest BCUT2D eigenvalue weighted by Gasteiger charge is -2.35. The molecular weight excluding hydrogens is 260 g/mol. The lowest BCUT2D eigenvalue weighted by atomic mass is 9.92. The van der Waals surface area contributed by atoms with E-state index in [4.69, 9.17) is 0 Å². The van der Waals surface area contributed by atoms with E-state index in [1.807, 2.05) is 0 Å². The topological polar surface area (TPSA) is 35.5 Å². The first-order valence-electron chi connectivity index (χ1n) is 8.36. The van der Waals surface area contributed by atoms with E-state index in [0.717, 1.165) is 39.0 Å². The quantitative estimate of drug-likeness (QED) is 0.810. The largest absolute Gasteiger partial charge is 0.396 e. The molecule has 2 unspecified atom stereocenters. The van der Waals surface area contributed by atoms with Gasteiger partial charge < -0.3 is 15.3 Å². The summed E-state index contributed by atoms with van der Waals surface area (Å²) in [5, 5.41) is 12.9. The second kappa shape index (κ2) is 8.52. The average molecular weight is 290 g/mol. The van der Waals surface area contributed by atoms with Gasteiger partial charge in [0.15, 0.2) is 0 Å². The van der Waals surface area contributed by atoms with Gasteiger partial charge in [0.2, 0.25) is 0 Å². The van der Waals surface area contributed by atoms with Gasteiger partial charge in [-0.15, -0.1) is 0 Å². The van der Waals surface area contributed by atoms with Crippen LogP contribution in [0.2, 0.25) is 0 Å². The monoisotopic (exact) mass is 290 g/mol. The summed E-state index contributed by atoms with van der Waals surface area (Å²) in [6.07, 6.45) is 2.28. The molecule has 3 nitrogen and oxygen atoms in total. The minimum Gasteiger partial charge on any atom is -0.396 e. The molecule has 0 bridgehead atoms. The van der Waals surface area contributed by atoms with E-state index in [9.17, 15) is 5.11 Å². The van der Waals surface area contributed by atoms with Crippen molar-refractivity contribution in [2.45, 2.75) is 32.7 Å². The molecule has 1 aromatic rings. The molecule has 2 rings (SSSR count). The van der Waals surface area contributed by atoms with E-state index in [-0.39, 0.29) is 0 Å². The van der Waals surface area contributed by atoms with Crippen molar-refractivity contribution in [3.05, 3.63) is 35.9 Å². The van der Waals surface area contributed by atoms with Crippen molar-refractivity contribution in [2.75, 3.05) is 32.8 Å². The second-order valence-corrected chi connectivity index (χ2v) is 6.35. The highest BCUT2D eigenvalue weighted by Gasteiger charge is 2.24. The van der Waals surface area contributed by atoms with Gasteiger partial charge in [0.1, 0.15) is 0 Å². The molecule has 1 fully saturated rings. The van der Waals surface area contributed by atoms with Crippen molar-refractivity contribution < 1.29 is 5.11 Å². The van der Waals surface area contributed by atoms with Crippen LogP contribution >= 0.6 is 0 Å². The molecule has 118 valence electrons. The molecule has 0 aromatic heterocycles. The van der Waals surface area contributed by atoms with Crippen LogP contribution in [0.4, 0.5) is 0 Å². The normalized spacial score (nSPS) is 20.3. The van der Waals surface area contributed by atoms with Gasteiger partial charge in [-0.05, 0) is 49.9 Å². The van der Waals surface area contributed by atoms with Crippen LogP contribution in [0.15, 0.2) is 30.3 Å². The predicted octanol–water partition coefficient (Wildman–Crippen LogP) is 2.68. The summed E-state index contributed by atoms with van der Waals surface area (Å²) >= 11 is 0. The van der Waals surface area contributed by atoms with Crippen LogP contribution < -0.4 is 5.32 Å². The molecule has 2 atom stereocenters. The molecule has 1 aromatic carbocycles. The zero-order chi connectivity index (χ0) is 15.1. The summed E-state index contributed by atoms with van der Waals surface area (Å²) in [5.41, 5.74) is 1.39. The molecule has 0 spiro atoms. The Labute approximate surface area is 129 Å². The van der Waals surface area contributed by atoms with Crippen LogP contribution in [0.1, 0.15) is 38.3 Å². The van der Waals surface area contributed by atoms with E-state index in [1.54, 1.807) is 0 Å². The first-order chi connectivity index (χ1) is 10.2. The Hall–Kier alpha value is -0.900. The zero-order valence-corrected chi connectivity index (χ0v) is 13.5. The number of aliphatic hydroxyl groups excluding tert-OH is 1. The van der Waals surface area contributed by atoms with Crippen LogP contribution in [0.5, 0.6) is 0 Å². The Bertz CT molecular complexity index is 387. The summed E-state index contributed by atoms with van der Waals surface area (Å²) in [6.45, 7) is 9.26. The lowest BCUT2D eigenvalue weighted by molar-refractivity contribution is 0.115. The highest BCUT2D eigenvalue weighted by atomic mass is 16.3. The number of hydrogen-bond acceptors (Lipinski definition) is 3. The van der Waals surface area contributed by atoms with Gasteiger partial charge in [0.25, 0.3) is 0 Å². The number of nitrogens with zero attached hydrogens (tertiary/aromatic N) is 1. The Morgan fingerprint density at radius 1 is 1.24 bits per heavy atom. The number of nitrogens with one attached hydrogen (secondary N) is 1. The molecular formula is C18H30N2O. The fourth-order valence-corrected chi connectivity index (χ4v) is 3.39. The smallest absolute Gasteiger partial charge is 0.0460 e. The van der Waals surface area contributed by atoms with E-state index in [2.05, 4.69) is 54.4 Å². The first kappa shape index (κ1) is 16.5. The summed E-state index contributed by atoms with van der Waals surface area (Å²) in [5.74, 6) is 1.10. The molecule has 2 N–H and O–H groups in total. The zero-order valence-electron chi connectivity index (χ0n) is 13.5. The molecule has 1 saturated heterocycles. The SMILES string of the molecule is CCNC(c1ccccc1)C(C)CN1CCC(CO)CC1. The number of hydrogen-bond donors (Lipinski definition) is 2. The van der Waals surface area contributed by atoms with Crippen LogP contribution in [-0.4, -0.2) is 42.8 Å². The van der Waals surface area contributed by atoms with Crippen LogP contribution in [0, 0.1) is 11.8 Å². The third-order valence-corrected chi connectivity index (χ3v) is 4.66. The first-order valence-corrected chi connectivity index (χ1v) is 8.36. The van der Waals surface area contributed by atoms with Crippen molar-refractivity contribution in [3.8, 4) is 0 Å². The van der Waals surface area contributed by atoms with Crippen molar-refractivity contribution >= 4 is 0 Å². The van der Waals surface area contributed by atoms with Gasteiger partial charge in [-0.1, -0.05) is 44.2 Å².